The second kappa shape index (κ2) is 4.50. The van der Waals surface area contributed by atoms with Crippen LogP contribution in [0.2, 0.25) is 0 Å². The molecule has 0 aliphatic rings. The van der Waals surface area contributed by atoms with Crippen LogP contribution in [0.5, 0.6) is 5.75 Å². The zero-order valence-corrected chi connectivity index (χ0v) is 7.49. The highest BCUT2D eigenvalue weighted by Gasteiger charge is 2.02. The molecule has 0 fully saturated rings. The van der Waals surface area contributed by atoms with Crippen LogP contribution in [0, 0.1) is 0 Å². The fourth-order valence-electron chi connectivity index (χ4n) is 0.893. The minimum Gasteiger partial charge on any atom is -0.508 e. The van der Waals surface area contributed by atoms with Gasteiger partial charge < -0.3 is 9.84 Å². The van der Waals surface area contributed by atoms with Crippen molar-refractivity contribution < 1.29 is 14.6 Å². The molecule has 1 aromatic rings. The average Bonchev–Trinajstić information content (AvgIpc) is 2.16. The van der Waals surface area contributed by atoms with Crippen LogP contribution in [0.1, 0.15) is 18.9 Å². The summed E-state index contributed by atoms with van der Waals surface area (Å²) in [6.45, 7) is 1.87. The SMILES string of the molecule is [13CH3]CC(=O)OCc1ccccc1O. The quantitative estimate of drug-likeness (QED) is 0.571. The molecule has 0 heterocycles. The predicted octanol–water partition coefficient (Wildman–Crippen LogP) is 1.85. The van der Waals surface area contributed by atoms with Gasteiger partial charge in [-0.15, -0.1) is 0 Å². The number of para-hydroxylation sites is 1. The van der Waals surface area contributed by atoms with Crippen molar-refractivity contribution in [1.82, 2.24) is 0 Å². The number of benzene rings is 1. The zero-order valence-electron chi connectivity index (χ0n) is 7.49. The lowest BCUT2D eigenvalue weighted by atomic mass is 10.2. The molecule has 3 nitrogen and oxygen atoms in total. The van der Waals surface area contributed by atoms with Gasteiger partial charge in [0.05, 0.1) is 0 Å². The molecule has 0 spiro atoms. The van der Waals surface area contributed by atoms with E-state index >= 15 is 0 Å². The average molecular weight is 181 g/mol. The summed E-state index contributed by atoms with van der Waals surface area (Å²) in [6, 6.07) is 6.79. The van der Waals surface area contributed by atoms with Gasteiger partial charge >= 0.3 is 5.97 Å². The zero-order chi connectivity index (χ0) is 9.68. The summed E-state index contributed by atoms with van der Waals surface area (Å²) in [6.07, 6.45) is 0.355. The van der Waals surface area contributed by atoms with Crippen molar-refractivity contribution in [3.63, 3.8) is 0 Å². The molecule has 3 heteroatoms. The Labute approximate surface area is 77.0 Å². The Hall–Kier alpha value is -1.51. The third-order valence-electron chi connectivity index (χ3n) is 1.67. The van der Waals surface area contributed by atoms with Gasteiger partial charge in [0.2, 0.25) is 0 Å². The number of hydrogen-bond acceptors (Lipinski definition) is 3. The maximum atomic E-state index is 10.8. The standard InChI is InChI=1S/C10H12O3/c1-2-10(12)13-7-8-5-3-4-6-9(8)11/h3-6,11H,2,7H2,1H3/i1+1. The van der Waals surface area contributed by atoms with Crippen molar-refractivity contribution >= 4 is 5.97 Å². The summed E-state index contributed by atoms with van der Waals surface area (Å²) < 4.78 is 4.86. The third kappa shape index (κ3) is 2.78. The van der Waals surface area contributed by atoms with Gasteiger partial charge in [-0.05, 0) is 6.07 Å². The summed E-state index contributed by atoms with van der Waals surface area (Å²) in [7, 11) is 0. The van der Waals surface area contributed by atoms with Gasteiger partial charge in [-0.3, -0.25) is 4.79 Å². The third-order valence-corrected chi connectivity index (χ3v) is 1.67. The maximum absolute atomic E-state index is 10.8. The summed E-state index contributed by atoms with van der Waals surface area (Å²) in [4.78, 5) is 10.8. The monoisotopic (exact) mass is 181 g/mol. The Kier molecular flexibility index (Phi) is 3.31. The Balaban J connectivity index is 2.54. The van der Waals surface area contributed by atoms with E-state index in [1.54, 1.807) is 31.2 Å². The van der Waals surface area contributed by atoms with Crippen LogP contribution in [0.3, 0.4) is 0 Å². The van der Waals surface area contributed by atoms with Crippen LogP contribution in [0.25, 0.3) is 0 Å². The van der Waals surface area contributed by atoms with Crippen LogP contribution in [0.4, 0.5) is 0 Å². The number of esters is 1. The number of rotatable bonds is 3. The molecule has 0 amide bonds. The van der Waals surface area contributed by atoms with Crippen molar-refractivity contribution in [2.45, 2.75) is 20.0 Å². The molecule has 0 aliphatic carbocycles. The van der Waals surface area contributed by atoms with Gasteiger partial charge in [-0.25, -0.2) is 0 Å². The van der Waals surface area contributed by atoms with E-state index in [1.165, 1.54) is 0 Å². The predicted molar refractivity (Wildman–Crippen MR) is 48.2 cm³/mol. The summed E-state index contributed by atoms with van der Waals surface area (Å²) in [5.74, 6) is -0.102. The molecule has 13 heavy (non-hydrogen) atoms. The number of hydrogen-bond donors (Lipinski definition) is 1. The summed E-state index contributed by atoms with van der Waals surface area (Å²) in [5, 5.41) is 9.30. The highest BCUT2D eigenvalue weighted by Crippen LogP contribution is 2.16. The summed E-state index contributed by atoms with van der Waals surface area (Å²) in [5.41, 5.74) is 0.629. The van der Waals surface area contributed by atoms with Gasteiger partial charge in [0, 0.05) is 12.0 Å². The highest BCUT2D eigenvalue weighted by atomic mass is 16.5. The van der Waals surface area contributed by atoms with Crippen molar-refractivity contribution in [2.75, 3.05) is 0 Å². The maximum Gasteiger partial charge on any atom is 0.305 e. The van der Waals surface area contributed by atoms with E-state index in [9.17, 15) is 9.90 Å². The lowest BCUT2D eigenvalue weighted by Gasteiger charge is -2.04. The van der Waals surface area contributed by atoms with E-state index in [0.717, 1.165) is 0 Å². The van der Waals surface area contributed by atoms with Gasteiger partial charge in [0.25, 0.3) is 0 Å². The van der Waals surface area contributed by atoms with Crippen molar-refractivity contribution in [1.29, 1.82) is 0 Å². The largest absolute Gasteiger partial charge is 0.508 e. The van der Waals surface area contributed by atoms with E-state index in [4.69, 9.17) is 4.74 Å². The van der Waals surface area contributed by atoms with Crippen LogP contribution in [-0.4, -0.2) is 11.1 Å². The van der Waals surface area contributed by atoms with E-state index in [-0.39, 0.29) is 18.3 Å². The molecule has 0 radical (unpaired) electrons. The van der Waals surface area contributed by atoms with Crippen LogP contribution in [0.15, 0.2) is 24.3 Å². The van der Waals surface area contributed by atoms with Gasteiger partial charge in [-0.1, -0.05) is 25.1 Å². The van der Waals surface area contributed by atoms with Crippen LogP contribution in [-0.2, 0) is 16.1 Å². The van der Waals surface area contributed by atoms with Crippen molar-refractivity contribution in [2.24, 2.45) is 0 Å². The first kappa shape index (κ1) is 9.58. The first-order valence-corrected chi connectivity index (χ1v) is 4.16. The Bertz CT molecular complexity index is 294. The molecule has 1 aromatic carbocycles. The molecular formula is C10H12O3. The summed E-state index contributed by atoms with van der Waals surface area (Å²) >= 11 is 0. The van der Waals surface area contributed by atoms with E-state index < -0.39 is 0 Å². The van der Waals surface area contributed by atoms with E-state index in [0.29, 0.717) is 12.0 Å². The number of aromatic hydroxyl groups is 1. The number of carbonyl (C=O) groups excluding carboxylic acids is 1. The Morgan fingerprint density at radius 2 is 2.15 bits per heavy atom. The lowest BCUT2D eigenvalue weighted by Crippen LogP contribution is -2.02. The molecule has 0 aliphatic heterocycles. The Morgan fingerprint density at radius 1 is 1.46 bits per heavy atom. The second-order valence-corrected chi connectivity index (χ2v) is 2.64. The van der Waals surface area contributed by atoms with E-state index in [1.807, 2.05) is 0 Å². The highest BCUT2D eigenvalue weighted by molar-refractivity contribution is 5.68. The van der Waals surface area contributed by atoms with Crippen LogP contribution >= 0.6 is 0 Å². The number of ether oxygens (including phenoxy) is 1. The topological polar surface area (TPSA) is 46.5 Å². The first-order valence-electron chi connectivity index (χ1n) is 4.16. The fourth-order valence-corrected chi connectivity index (χ4v) is 0.893. The molecule has 1 rings (SSSR count). The number of phenolic OH excluding ortho intramolecular Hbond substituents is 1. The molecule has 0 bridgehead atoms. The van der Waals surface area contributed by atoms with Gasteiger partial charge in [0.15, 0.2) is 0 Å². The number of phenols is 1. The normalized spacial score (nSPS) is 9.62. The minimum atomic E-state index is -0.261. The van der Waals surface area contributed by atoms with Crippen molar-refractivity contribution in [3.05, 3.63) is 29.8 Å². The van der Waals surface area contributed by atoms with Gasteiger partial charge in [-0.2, -0.15) is 0 Å². The van der Waals surface area contributed by atoms with E-state index in [2.05, 4.69) is 0 Å². The Morgan fingerprint density at radius 3 is 2.77 bits per heavy atom. The minimum absolute atomic E-state index is 0.138. The van der Waals surface area contributed by atoms with Crippen molar-refractivity contribution in [3.8, 4) is 5.75 Å². The fraction of sp³-hybridized carbons (Fsp3) is 0.300. The lowest BCUT2D eigenvalue weighted by molar-refractivity contribution is -0.144. The molecule has 0 saturated heterocycles. The second-order valence-electron chi connectivity index (χ2n) is 2.64. The molecular weight excluding hydrogens is 169 g/mol. The molecule has 0 aromatic heterocycles. The first-order chi connectivity index (χ1) is 6.24. The van der Waals surface area contributed by atoms with Gasteiger partial charge in [0.1, 0.15) is 12.4 Å². The molecule has 0 atom stereocenters. The smallest absolute Gasteiger partial charge is 0.305 e. The van der Waals surface area contributed by atoms with Crippen LogP contribution < -0.4 is 0 Å². The molecule has 70 valence electrons. The molecule has 0 unspecified atom stereocenters. The molecule has 0 saturated carbocycles. The molecule has 1 N–H and O–H groups in total. The number of carbonyl (C=O) groups is 1.